The Balaban J connectivity index is 1.70. The van der Waals surface area contributed by atoms with Crippen molar-refractivity contribution in [2.24, 2.45) is 4.99 Å². The molecule has 0 saturated carbocycles. The summed E-state index contributed by atoms with van der Waals surface area (Å²) in [6, 6.07) is 15.8. The monoisotopic (exact) mass is 366 g/mol. The minimum atomic E-state index is -0.769. The second-order valence-electron chi connectivity index (χ2n) is 6.18. The van der Waals surface area contributed by atoms with E-state index in [1.165, 1.54) is 12.0 Å². The highest BCUT2D eigenvalue weighted by atomic mass is 16.5. The molecule has 27 heavy (non-hydrogen) atoms. The van der Waals surface area contributed by atoms with Crippen molar-refractivity contribution < 1.29 is 19.1 Å². The number of esters is 1. The third-order valence-corrected chi connectivity index (χ3v) is 4.45. The molecule has 0 aliphatic carbocycles. The van der Waals surface area contributed by atoms with Crippen molar-refractivity contribution in [2.75, 3.05) is 13.7 Å². The van der Waals surface area contributed by atoms with Gasteiger partial charge >= 0.3 is 5.97 Å². The molecule has 0 radical (unpaired) electrons. The van der Waals surface area contributed by atoms with E-state index in [1.54, 1.807) is 37.4 Å². The van der Waals surface area contributed by atoms with E-state index in [0.717, 1.165) is 5.56 Å². The van der Waals surface area contributed by atoms with E-state index in [2.05, 4.69) is 4.99 Å². The number of nitrogens with zero attached hydrogens (tertiary/aromatic N) is 2. The van der Waals surface area contributed by atoms with Gasteiger partial charge in [-0.1, -0.05) is 42.5 Å². The number of aliphatic imine (C=N–C) groups is 1. The fourth-order valence-corrected chi connectivity index (χ4v) is 3.00. The summed E-state index contributed by atoms with van der Waals surface area (Å²) in [6.45, 7) is 2.62. The van der Waals surface area contributed by atoms with Crippen LogP contribution in [0.4, 0.5) is 0 Å². The first-order chi connectivity index (χ1) is 13.1. The van der Waals surface area contributed by atoms with E-state index in [-0.39, 0.29) is 5.91 Å². The van der Waals surface area contributed by atoms with E-state index >= 15 is 0 Å². The lowest BCUT2D eigenvalue weighted by Gasteiger charge is -2.40. The van der Waals surface area contributed by atoms with Gasteiger partial charge in [-0.05, 0) is 36.4 Å². The van der Waals surface area contributed by atoms with E-state index in [4.69, 9.17) is 9.47 Å². The number of methoxy groups -OCH3 is 1. The van der Waals surface area contributed by atoms with Crippen molar-refractivity contribution in [1.29, 1.82) is 0 Å². The second-order valence-corrected chi connectivity index (χ2v) is 6.18. The maximum Gasteiger partial charge on any atom is 0.333 e. The molecule has 0 aromatic heterocycles. The van der Waals surface area contributed by atoms with Crippen LogP contribution in [-0.4, -0.2) is 42.7 Å². The highest BCUT2D eigenvalue weighted by molar-refractivity contribution is 5.93. The Labute approximate surface area is 158 Å². The standard InChI is InChI=1S/C21H22N2O4/c1-3-22-18-13-23(20(18)24)19(21(25)26-2)16-9-11-17(12-10-16)27-14-15-7-5-4-6-8-15/h3-12,18-19H,13-14H2,1-2H3/t18-,19?/m0/s1. The van der Waals surface area contributed by atoms with Gasteiger partial charge in [-0.25, -0.2) is 4.79 Å². The first-order valence-electron chi connectivity index (χ1n) is 8.77. The Morgan fingerprint density at radius 1 is 1.22 bits per heavy atom. The predicted octanol–water partition coefficient (Wildman–Crippen LogP) is 2.78. The Morgan fingerprint density at radius 2 is 1.93 bits per heavy atom. The fraction of sp³-hybridized carbons (Fsp3) is 0.286. The quantitative estimate of drug-likeness (QED) is 0.429. The molecule has 1 amide bonds. The molecule has 6 nitrogen and oxygen atoms in total. The van der Waals surface area contributed by atoms with Crippen molar-refractivity contribution in [1.82, 2.24) is 4.90 Å². The molecule has 1 aliphatic rings. The molecule has 0 bridgehead atoms. The largest absolute Gasteiger partial charge is 0.489 e. The van der Waals surface area contributed by atoms with Crippen molar-refractivity contribution in [3.05, 3.63) is 65.7 Å². The number of carbonyl (C=O) groups excluding carboxylic acids is 2. The summed E-state index contributed by atoms with van der Waals surface area (Å²) in [5.41, 5.74) is 1.75. The number of ether oxygens (including phenoxy) is 2. The molecule has 0 N–H and O–H groups in total. The van der Waals surface area contributed by atoms with Crippen LogP contribution in [0.1, 0.15) is 24.1 Å². The Bertz CT molecular complexity index is 818. The smallest absolute Gasteiger partial charge is 0.333 e. The highest BCUT2D eigenvalue weighted by Crippen LogP contribution is 2.30. The van der Waals surface area contributed by atoms with Gasteiger partial charge < -0.3 is 14.4 Å². The number of β-lactam (4-membered cyclic amide) rings is 1. The molecule has 140 valence electrons. The molecule has 2 aromatic carbocycles. The van der Waals surface area contributed by atoms with E-state index < -0.39 is 18.1 Å². The number of likely N-dealkylation sites (tertiary alicyclic amines) is 1. The zero-order chi connectivity index (χ0) is 19.2. The number of carbonyl (C=O) groups is 2. The molecule has 1 fully saturated rings. The molecule has 3 rings (SSSR count). The summed E-state index contributed by atoms with van der Waals surface area (Å²) in [6.07, 6.45) is 1.60. The molecule has 1 saturated heterocycles. The first-order valence-corrected chi connectivity index (χ1v) is 8.77. The van der Waals surface area contributed by atoms with E-state index in [1.807, 2.05) is 30.3 Å². The number of hydrogen-bond acceptors (Lipinski definition) is 5. The molecule has 1 heterocycles. The van der Waals surface area contributed by atoms with Crippen LogP contribution in [0.3, 0.4) is 0 Å². The van der Waals surface area contributed by atoms with Gasteiger partial charge in [-0.15, -0.1) is 0 Å². The molecular formula is C21H22N2O4. The summed E-state index contributed by atoms with van der Waals surface area (Å²) in [5.74, 6) is 0.0442. The molecule has 1 aliphatic heterocycles. The normalized spacial score (nSPS) is 17.5. The lowest BCUT2D eigenvalue weighted by atomic mass is 9.98. The summed E-state index contributed by atoms with van der Waals surface area (Å²) < 4.78 is 10.7. The van der Waals surface area contributed by atoms with Gasteiger partial charge in [0.1, 0.15) is 18.4 Å². The van der Waals surface area contributed by atoms with Crippen LogP contribution in [0, 0.1) is 0 Å². The van der Waals surface area contributed by atoms with Crippen LogP contribution in [-0.2, 0) is 20.9 Å². The van der Waals surface area contributed by atoms with Gasteiger partial charge in [0, 0.05) is 0 Å². The van der Waals surface area contributed by atoms with Crippen LogP contribution in [0.25, 0.3) is 0 Å². The summed E-state index contributed by atoms with van der Waals surface area (Å²) in [7, 11) is 1.32. The van der Waals surface area contributed by atoms with E-state index in [0.29, 0.717) is 24.5 Å². The Morgan fingerprint density at radius 3 is 2.52 bits per heavy atom. The number of benzene rings is 2. The van der Waals surface area contributed by atoms with Gasteiger partial charge in [0.15, 0.2) is 6.04 Å². The minimum absolute atomic E-state index is 0.173. The number of rotatable bonds is 7. The lowest BCUT2D eigenvalue weighted by Crippen LogP contribution is -2.58. The summed E-state index contributed by atoms with van der Waals surface area (Å²) in [5, 5.41) is 0. The Kier molecular flexibility index (Phi) is 5.86. The van der Waals surface area contributed by atoms with Gasteiger partial charge in [-0.2, -0.15) is 0 Å². The maximum atomic E-state index is 12.3. The van der Waals surface area contributed by atoms with Crippen molar-refractivity contribution in [2.45, 2.75) is 25.6 Å². The number of amides is 1. The van der Waals surface area contributed by atoms with Crippen LogP contribution in [0.5, 0.6) is 5.75 Å². The zero-order valence-corrected chi connectivity index (χ0v) is 15.4. The fourth-order valence-electron chi connectivity index (χ4n) is 3.00. The first kappa shape index (κ1) is 18.6. The third-order valence-electron chi connectivity index (χ3n) is 4.45. The van der Waals surface area contributed by atoms with Crippen LogP contribution >= 0.6 is 0 Å². The average Bonchev–Trinajstić information content (AvgIpc) is 2.72. The third kappa shape index (κ3) is 4.16. The van der Waals surface area contributed by atoms with Crippen LogP contribution < -0.4 is 4.74 Å². The average molecular weight is 366 g/mol. The lowest BCUT2D eigenvalue weighted by molar-refractivity contribution is -0.160. The van der Waals surface area contributed by atoms with Crippen LogP contribution in [0.15, 0.2) is 59.6 Å². The highest BCUT2D eigenvalue weighted by Gasteiger charge is 2.44. The topological polar surface area (TPSA) is 68.2 Å². The van der Waals surface area contributed by atoms with Crippen molar-refractivity contribution in [3.63, 3.8) is 0 Å². The van der Waals surface area contributed by atoms with Gasteiger partial charge in [0.05, 0.1) is 13.7 Å². The molecule has 1 unspecified atom stereocenters. The van der Waals surface area contributed by atoms with Gasteiger partial charge in [0.25, 0.3) is 0 Å². The van der Waals surface area contributed by atoms with Crippen molar-refractivity contribution in [3.8, 4) is 5.75 Å². The predicted molar refractivity (Wildman–Crippen MR) is 102 cm³/mol. The van der Waals surface area contributed by atoms with Gasteiger partial charge in [0.2, 0.25) is 5.91 Å². The van der Waals surface area contributed by atoms with E-state index in [9.17, 15) is 9.59 Å². The summed E-state index contributed by atoms with van der Waals surface area (Å²) in [4.78, 5) is 30.2. The minimum Gasteiger partial charge on any atom is -0.489 e. The maximum absolute atomic E-state index is 12.3. The van der Waals surface area contributed by atoms with Crippen LogP contribution in [0.2, 0.25) is 0 Å². The molecular weight excluding hydrogens is 344 g/mol. The molecule has 6 heteroatoms. The zero-order valence-electron chi connectivity index (χ0n) is 15.4. The molecule has 2 atom stereocenters. The SMILES string of the molecule is CC=N[C@H]1CN(C(C(=O)OC)c2ccc(OCc3ccccc3)cc2)C1=O. The second kappa shape index (κ2) is 8.49. The Hall–Kier alpha value is -3.15. The van der Waals surface area contributed by atoms with Gasteiger partial charge in [-0.3, -0.25) is 9.79 Å². The molecule has 2 aromatic rings. The molecule has 0 spiro atoms. The summed E-state index contributed by atoms with van der Waals surface area (Å²) >= 11 is 0. The van der Waals surface area contributed by atoms with Crippen molar-refractivity contribution >= 4 is 18.1 Å². The number of hydrogen-bond donors (Lipinski definition) is 0.